The zero-order chi connectivity index (χ0) is 9.84. The molecule has 1 heterocycles. The van der Waals surface area contributed by atoms with Crippen molar-refractivity contribution in [2.24, 2.45) is 0 Å². The molecule has 0 aliphatic carbocycles. The van der Waals surface area contributed by atoms with Crippen LogP contribution in [-0.2, 0) is 17.7 Å². The van der Waals surface area contributed by atoms with E-state index in [0.717, 1.165) is 19.6 Å². The van der Waals surface area contributed by atoms with Crippen LogP contribution < -0.4 is 0 Å². The van der Waals surface area contributed by atoms with Crippen LogP contribution >= 0.6 is 0 Å². The van der Waals surface area contributed by atoms with Crippen LogP contribution in [0.5, 0.6) is 0 Å². The molecule has 3 nitrogen and oxygen atoms in total. The molecule has 0 atom stereocenters. The van der Waals surface area contributed by atoms with E-state index < -0.39 is 0 Å². The standard InChI is InChI=1S/C10H18N2O/c1-5-10-8(2)9(3)12(11-10)6-7-13-4/h5-7H2,1-4H3. The Bertz CT molecular complexity index is 279. The van der Waals surface area contributed by atoms with Gasteiger partial charge in [-0.2, -0.15) is 5.10 Å². The Morgan fingerprint density at radius 1 is 1.38 bits per heavy atom. The van der Waals surface area contributed by atoms with Crippen molar-refractivity contribution < 1.29 is 4.74 Å². The molecule has 1 rings (SSSR count). The molecule has 1 aromatic rings. The average Bonchev–Trinajstić information content (AvgIpc) is 2.41. The zero-order valence-electron chi connectivity index (χ0n) is 8.92. The van der Waals surface area contributed by atoms with Crippen LogP contribution in [0.4, 0.5) is 0 Å². The third-order valence-corrected chi connectivity index (χ3v) is 2.45. The Balaban J connectivity index is 2.82. The minimum atomic E-state index is 0.727. The molecule has 0 aromatic carbocycles. The van der Waals surface area contributed by atoms with E-state index in [2.05, 4.69) is 25.9 Å². The molecular formula is C10H18N2O. The van der Waals surface area contributed by atoms with E-state index >= 15 is 0 Å². The first-order valence-electron chi connectivity index (χ1n) is 4.72. The minimum Gasteiger partial charge on any atom is -0.383 e. The Morgan fingerprint density at radius 2 is 2.08 bits per heavy atom. The molecule has 0 aliphatic rings. The highest BCUT2D eigenvalue weighted by Gasteiger charge is 2.07. The lowest BCUT2D eigenvalue weighted by atomic mass is 10.2. The second-order valence-electron chi connectivity index (χ2n) is 3.23. The van der Waals surface area contributed by atoms with Crippen LogP contribution in [0.3, 0.4) is 0 Å². The fraction of sp³-hybridized carbons (Fsp3) is 0.700. The molecule has 0 N–H and O–H groups in total. The van der Waals surface area contributed by atoms with Gasteiger partial charge in [0.15, 0.2) is 0 Å². The lowest BCUT2D eigenvalue weighted by Crippen LogP contribution is -2.07. The Hall–Kier alpha value is -0.830. The highest BCUT2D eigenvalue weighted by molar-refractivity contribution is 5.23. The summed E-state index contributed by atoms with van der Waals surface area (Å²) in [6.45, 7) is 7.95. The Morgan fingerprint density at radius 3 is 2.54 bits per heavy atom. The number of hydrogen-bond donors (Lipinski definition) is 0. The maximum absolute atomic E-state index is 5.02. The van der Waals surface area contributed by atoms with Crippen molar-refractivity contribution in [1.29, 1.82) is 0 Å². The lowest BCUT2D eigenvalue weighted by molar-refractivity contribution is 0.182. The average molecular weight is 182 g/mol. The first-order chi connectivity index (χ1) is 6.20. The summed E-state index contributed by atoms with van der Waals surface area (Å²) in [6.07, 6.45) is 1.01. The molecule has 3 heteroatoms. The van der Waals surface area contributed by atoms with Gasteiger partial charge in [-0.25, -0.2) is 0 Å². The van der Waals surface area contributed by atoms with Gasteiger partial charge in [-0.05, 0) is 25.8 Å². The van der Waals surface area contributed by atoms with Gasteiger partial charge >= 0.3 is 0 Å². The number of nitrogens with zero attached hydrogens (tertiary/aromatic N) is 2. The summed E-state index contributed by atoms with van der Waals surface area (Å²) in [6, 6.07) is 0. The van der Waals surface area contributed by atoms with E-state index in [-0.39, 0.29) is 0 Å². The molecule has 0 spiro atoms. The van der Waals surface area contributed by atoms with E-state index in [1.165, 1.54) is 17.0 Å². The van der Waals surface area contributed by atoms with Crippen LogP contribution in [-0.4, -0.2) is 23.5 Å². The maximum atomic E-state index is 5.02. The predicted octanol–water partition coefficient (Wildman–Crippen LogP) is 1.71. The molecule has 0 amide bonds. The van der Waals surface area contributed by atoms with Gasteiger partial charge in [0.1, 0.15) is 0 Å². The summed E-state index contributed by atoms with van der Waals surface area (Å²) in [4.78, 5) is 0. The molecule has 1 aromatic heterocycles. The van der Waals surface area contributed by atoms with Gasteiger partial charge in [-0.3, -0.25) is 4.68 Å². The molecule has 0 aliphatic heterocycles. The van der Waals surface area contributed by atoms with Gasteiger partial charge in [0.25, 0.3) is 0 Å². The fourth-order valence-corrected chi connectivity index (χ4v) is 1.43. The van der Waals surface area contributed by atoms with Crippen LogP contribution in [0.2, 0.25) is 0 Å². The van der Waals surface area contributed by atoms with Crippen LogP contribution in [0.1, 0.15) is 23.9 Å². The third-order valence-electron chi connectivity index (χ3n) is 2.45. The largest absolute Gasteiger partial charge is 0.383 e. The molecular weight excluding hydrogens is 164 g/mol. The van der Waals surface area contributed by atoms with Gasteiger partial charge in [0.05, 0.1) is 18.8 Å². The normalized spacial score (nSPS) is 10.8. The molecule has 0 saturated carbocycles. The number of hydrogen-bond acceptors (Lipinski definition) is 2. The van der Waals surface area contributed by atoms with Crippen molar-refractivity contribution in [2.75, 3.05) is 13.7 Å². The molecule has 0 unspecified atom stereocenters. The summed E-state index contributed by atoms with van der Waals surface area (Å²) in [7, 11) is 1.71. The van der Waals surface area contributed by atoms with E-state index in [9.17, 15) is 0 Å². The third kappa shape index (κ3) is 2.10. The Kier molecular flexibility index (Phi) is 3.48. The first kappa shape index (κ1) is 10.3. The van der Waals surface area contributed by atoms with Crippen molar-refractivity contribution in [3.8, 4) is 0 Å². The summed E-state index contributed by atoms with van der Waals surface area (Å²) >= 11 is 0. The Labute approximate surface area is 79.7 Å². The van der Waals surface area contributed by atoms with Crippen LogP contribution in [0.25, 0.3) is 0 Å². The van der Waals surface area contributed by atoms with Gasteiger partial charge in [0, 0.05) is 12.8 Å². The fourth-order valence-electron chi connectivity index (χ4n) is 1.43. The second kappa shape index (κ2) is 4.42. The highest BCUT2D eigenvalue weighted by Crippen LogP contribution is 2.12. The molecule has 0 saturated heterocycles. The smallest absolute Gasteiger partial charge is 0.0658 e. The van der Waals surface area contributed by atoms with Crippen molar-refractivity contribution in [2.45, 2.75) is 33.7 Å². The van der Waals surface area contributed by atoms with E-state index in [0.29, 0.717) is 0 Å². The SMILES string of the molecule is CCc1nn(CCOC)c(C)c1C. The van der Waals surface area contributed by atoms with E-state index in [4.69, 9.17) is 4.74 Å². The van der Waals surface area contributed by atoms with Gasteiger partial charge in [0.2, 0.25) is 0 Å². The monoisotopic (exact) mass is 182 g/mol. The van der Waals surface area contributed by atoms with Crippen molar-refractivity contribution in [1.82, 2.24) is 9.78 Å². The molecule has 13 heavy (non-hydrogen) atoms. The van der Waals surface area contributed by atoms with Crippen molar-refractivity contribution in [3.05, 3.63) is 17.0 Å². The predicted molar refractivity (Wildman–Crippen MR) is 53.0 cm³/mol. The van der Waals surface area contributed by atoms with E-state index in [1.54, 1.807) is 7.11 Å². The summed E-state index contributed by atoms with van der Waals surface area (Å²) in [5.74, 6) is 0. The van der Waals surface area contributed by atoms with Gasteiger partial charge < -0.3 is 4.74 Å². The second-order valence-corrected chi connectivity index (χ2v) is 3.23. The zero-order valence-corrected chi connectivity index (χ0v) is 8.92. The van der Waals surface area contributed by atoms with Crippen LogP contribution in [0, 0.1) is 13.8 Å². The van der Waals surface area contributed by atoms with Gasteiger partial charge in [-0.1, -0.05) is 6.92 Å². The number of ether oxygens (including phenoxy) is 1. The van der Waals surface area contributed by atoms with Crippen molar-refractivity contribution >= 4 is 0 Å². The first-order valence-corrected chi connectivity index (χ1v) is 4.72. The maximum Gasteiger partial charge on any atom is 0.0658 e. The van der Waals surface area contributed by atoms with Crippen molar-refractivity contribution in [3.63, 3.8) is 0 Å². The summed E-state index contributed by atoms with van der Waals surface area (Å²) in [5, 5.41) is 4.50. The highest BCUT2D eigenvalue weighted by atomic mass is 16.5. The number of methoxy groups -OCH3 is 1. The van der Waals surface area contributed by atoms with Crippen LogP contribution in [0.15, 0.2) is 0 Å². The molecule has 0 fully saturated rings. The lowest BCUT2D eigenvalue weighted by Gasteiger charge is -2.02. The topological polar surface area (TPSA) is 27.1 Å². The summed E-state index contributed by atoms with van der Waals surface area (Å²) in [5.41, 5.74) is 3.78. The summed E-state index contributed by atoms with van der Waals surface area (Å²) < 4.78 is 7.05. The number of aryl methyl sites for hydroxylation is 1. The molecule has 74 valence electrons. The van der Waals surface area contributed by atoms with Gasteiger partial charge in [-0.15, -0.1) is 0 Å². The number of aromatic nitrogens is 2. The molecule has 0 bridgehead atoms. The minimum absolute atomic E-state index is 0.727. The molecule has 0 radical (unpaired) electrons. The quantitative estimate of drug-likeness (QED) is 0.708. The number of rotatable bonds is 4. The van der Waals surface area contributed by atoms with E-state index in [1.807, 2.05) is 4.68 Å².